The molecule has 3 aromatic rings. The summed E-state index contributed by atoms with van der Waals surface area (Å²) in [4.78, 5) is 9.35. The van der Waals surface area contributed by atoms with E-state index in [0.29, 0.717) is 17.5 Å². The quantitative estimate of drug-likeness (QED) is 0.510. The number of anilines is 3. The van der Waals surface area contributed by atoms with Crippen molar-refractivity contribution >= 4 is 39.0 Å². The monoisotopic (exact) mass is 289 g/mol. The molecule has 7 heteroatoms. The Hall–Kier alpha value is -2.25. The Kier molecular flexibility index (Phi) is 3.21. The fourth-order valence-electron chi connectivity index (χ4n) is 1.87. The number of fused-ring (bicyclic) bond motifs is 1. The predicted molar refractivity (Wildman–Crippen MR) is 79.6 cm³/mol. The van der Waals surface area contributed by atoms with Gasteiger partial charge in [-0.2, -0.15) is 4.98 Å². The van der Waals surface area contributed by atoms with E-state index in [-0.39, 0.29) is 5.82 Å². The van der Waals surface area contributed by atoms with Crippen LogP contribution in [0, 0.1) is 12.7 Å². The molecule has 0 aliphatic rings. The van der Waals surface area contributed by atoms with E-state index in [2.05, 4.69) is 20.7 Å². The second kappa shape index (κ2) is 5.03. The van der Waals surface area contributed by atoms with Gasteiger partial charge in [0.1, 0.15) is 16.5 Å². The van der Waals surface area contributed by atoms with Crippen LogP contribution in [0.25, 0.3) is 10.2 Å². The minimum absolute atomic E-state index is 0.300. The van der Waals surface area contributed by atoms with Crippen molar-refractivity contribution in [2.45, 2.75) is 6.92 Å². The summed E-state index contributed by atoms with van der Waals surface area (Å²) in [5.41, 5.74) is 4.02. The molecule has 2 heterocycles. The van der Waals surface area contributed by atoms with Crippen molar-refractivity contribution in [3.8, 4) is 0 Å². The van der Waals surface area contributed by atoms with Gasteiger partial charge in [-0.1, -0.05) is 6.07 Å². The number of nitrogen functional groups attached to an aromatic ring is 1. The summed E-state index contributed by atoms with van der Waals surface area (Å²) in [5, 5.41) is 5.93. The normalized spacial score (nSPS) is 10.8. The zero-order chi connectivity index (χ0) is 14.1. The molecule has 0 atom stereocenters. The van der Waals surface area contributed by atoms with Gasteiger partial charge in [-0.05, 0) is 36.1 Å². The molecular weight excluding hydrogens is 277 g/mol. The highest BCUT2D eigenvalue weighted by atomic mass is 32.1. The maximum absolute atomic E-state index is 13.3. The number of hydrogen-bond donors (Lipinski definition) is 3. The van der Waals surface area contributed by atoms with Crippen LogP contribution >= 0.6 is 11.3 Å². The summed E-state index contributed by atoms with van der Waals surface area (Å²) < 4.78 is 13.3. The Bertz CT molecular complexity index is 771. The van der Waals surface area contributed by atoms with Crippen LogP contribution in [0.2, 0.25) is 0 Å². The fraction of sp³-hybridized carbons (Fsp3) is 0.0769. The summed E-state index contributed by atoms with van der Waals surface area (Å²) >= 11 is 1.49. The third-order valence-electron chi connectivity index (χ3n) is 2.91. The molecule has 0 aliphatic carbocycles. The third-order valence-corrected chi connectivity index (χ3v) is 3.71. The molecule has 0 spiro atoms. The van der Waals surface area contributed by atoms with Gasteiger partial charge in [0.25, 0.3) is 0 Å². The Balaban J connectivity index is 2.09. The second-order valence-electron chi connectivity index (χ2n) is 4.26. The number of hydrogen-bond acceptors (Lipinski definition) is 6. The van der Waals surface area contributed by atoms with Crippen LogP contribution in [0.15, 0.2) is 29.6 Å². The van der Waals surface area contributed by atoms with Crippen LogP contribution in [0.1, 0.15) is 5.56 Å². The summed E-state index contributed by atoms with van der Waals surface area (Å²) in [5.74, 6) is 5.98. The minimum Gasteiger partial charge on any atom is -0.339 e. The van der Waals surface area contributed by atoms with E-state index in [0.717, 1.165) is 15.8 Å². The van der Waals surface area contributed by atoms with Crippen LogP contribution in [0.3, 0.4) is 0 Å². The smallest absolute Gasteiger partial charge is 0.240 e. The molecule has 0 saturated carbocycles. The molecule has 0 radical (unpaired) electrons. The fourth-order valence-corrected chi connectivity index (χ4v) is 2.64. The standard InChI is InChI=1S/C13H12FN5S/c1-7-2-3-8(14)6-10(7)16-11-9-4-5-20-12(9)18-13(17-11)19-15/h2-6H,15H2,1H3,(H2,16,17,18,19). The zero-order valence-corrected chi connectivity index (χ0v) is 11.5. The highest BCUT2D eigenvalue weighted by molar-refractivity contribution is 7.16. The van der Waals surface area contributed by atoms with Crippen LogP contribution in [0.4, 0.5) is 21.8 Å². The van der Waals surface area contributed by atoms with Crippen molar-refractivity contribution in [1.82, 2.24) is 9.97 Å². The number of rotatable bonds is 3. The van der Waals surface area contributed by atoms with E-state index in [4.69, 9.17) is 5.84 Å². The highest BCUT2D eigenvalue weighted by Gasteiger charge is 2.10. The second-order valence-corrected chi connectivity index (χ2v) is 5.16. The lowest BCUT2D eigenvalue weighted by atomic mass is 10.2. The van der Waals surface area contributed by atoms with Gasteiger partial charge in [-0.25, -0.2) is 15.2 Å². The molecule has 0 aliphatic heterocycles. The SMILES string of the molecule is Cc1ccc(F)cc1Nc1nc(NN)nc2sccc12. The van der Waals surface area contributed by atoms with E-state index < -0.39 is 0 Å². The average Bonchev–Trinajstić information content (AvgIpc) is 2.91. The van der Waals surface area contributed by atoms with Gasteiger partial charge in [-0.15, -0.1) is 11.3 Å². The van der Waals surface area contributed by atoms with Gasteiger partial charge in [0.05, 0.1) is 5.39 Å². The number of benzene rings is 1. The molecule has 5 nitrogen and oxygen atoms in total. The van der Waals surface area contributed by atoms with Gasteiger partial charge < -0.3 is 5.32 Å². The molecule has 2 aromatic heterocycles. The number of thiophene rings is 1. The third kappa shape index (κ3) is 2.28. The van der Waals surface area contributed by atoms with Gasteiger partial charge >= 0.3 is 0 Å². The minimum atomic E-state index is -0.300. The molecule has 4 N–H and O–H groups in total. The largest absolute Gasteiger partial charge is 0.339 e. The summed E-state index contributed by atoms with van der Waals surface area (Å²) in [6.45, 7) is 1.90. The van der Waals surface area contributed by atoms with Crippen LogP contribution in [-0.2, 0) is 0 Å². The van der Waals surface area contributed by atoms with E-state index in [1.807, 2.05) is 18.4 Å². The van der Waals surface area contributed by atoms with Crippen LogP contribution in [-0.4, -0.2) is 9.97 Å². The Morgan fingerprint density at radius 1 is 1.25 bits per heavy atom. The molecule has 0 saturated heterocycles. The first-order chi connectivity index (χ1) is 9.67. The molecular formula is C13H12FN5S. The zero-order valence-electron chi connectivity index (χ0n) is 10.6. The molecule has 0 bridgehead atoms. The van der Waals surface area contributed by atoms with Crippen molar-refractivity contribution in [2.75, 3.05) is 10.7 Å². The number of halogens is 1. The average molecular weight is 289 g/mol. The Labute approximate surface area is 118 Å². The van der Waals surface area contributed by atoms with E-state index in [1.54, 1.807) is 6.07 Å². The van der Waals surface area contributed by atoms with Gasteiger partial charge in [0.2, 0.25) is 5.95 Å². The number of nitrogens with one attached hydrogen (secondary N) is 2. The van der Waals surface area contributed by atoms with E-state index >= 15 is 0 Å². The number of aromatic nitrogens is 2. The Morgan fingerprint density at radius 3 is 2.90 bits per heavy atom. The van der Waals surface area contributed by atoms with Crippen molar-refractivity contribution < 1.29 is 4.39 Å². The van der Waals surface area contributed by atoms with E-state index in [9.17, 15) is 4.39 Å². The lowest BCUT2D eigenvalue weighted by Gasteiger charge is -2.11. The van der Waals surface area contributed by atoms with Gasteiger partial charge in [0.15, 0.2) is 0 Å². The maximum atomic E-state index is 13.3. The summed E-state index contributed by atoms with van der Waals surface area (Å²) in [7, 11) is 0. The topological polar surface area (TPSA) is 75.9 Å². The van der Waals surface area contributed by atoms with Crippen molar-refractivity contribution in [3.63, 3.8) is 0 Å². The molecule has 3 rings (SSSR count). The van der Waals surface area contributed by atoms with E-state index in [1.165, 1.54) is 23.5 Å². The number of aryl methyl sites for hydroxylation is 1. The molecule has 0 fully saturated rings. The van der Waals surface area contributed by atoms with Crippen molar-refractivity contribution in [3.05, 3.63) is 41.0 Å². The van der Waals surface area contributed by atoms with Crippen LogP contribution < -0.4 is 16.6 Å². The lowest BCUT2D eigenvalue weighted by molar-refractivity contribution is 0.628. The highest BCUT2D eigenvalue weighted by Crippen LogP contribution is 2.29. The molecule has 1 aromatic carbocycles. The first kappa shape index (κ1) is 12.8. The summed E-state index contributed by atoms with van der Waals surface area (Å²) in [6.07, 6.45) is 0. The number of nitrogens with two attached hydrogens (primary N) is 1. The van der Waals surface area contributed by atoms with Crippen molar-refractivity contribution in [2.24, 2.45) is 5.84 Å². The van der Waals surface area contributed by atoms with Crippen molar-refractivity contribution in [1.29, 1.82) is 0 Å². The molecule has 102 valence electrons. The molecule has 20 heavy (non-hydrogen) atoms. The van der Waals surface area contributed by atoms with Gasteiger partial charge in [0, 0.05) is 5.69 Å². The predicted octanol–water partition coefficient (Wildman–Crippen LogP) is 3.17. The first-order valence-corrected chi connectivity index (χ1v) is 6.80. The Morgan fingerprint density at radius 2 is 2.10 bits per heavy atom. The lowest BCUT2D eigenvalue weighted by Crippen LogP contribution is -2.11. The molecule has 0 amide bonds. The van der Waals surface area contributed by atoms with Gasteiger partial charge in [-0.3, -0.25) is 5.43 Å². The maximum Gasteiger partial charge on any atom is 0.240 e. The number of hydrazine groups is 1. The summed E-state index contributed by atoms with van der Waals surface area (Å²) in [6, 6.07) is 6.49. The molecule has 0 unspecified atom stereocenters. The first-order valence-electron chi connectivity index (χ1n) is 5.92. The number of nitrogens with zero attached hydrogens (tertiary/aromatic N) is 2. The van der Waals surface area contributed by atoms with Crippen LogP contribution in [0.5, 0.6) is 0 Å².